The molecule has 0 unspecified atom stereocenters. The molecule has 0 aliphatic heterocycles. The van der Waals surface area contributed by atoms with E-state index in [0.29, 0.717) is 5.52 Å². The summed E-state index contributed by atoms with van der Waals surface area (Å²) < 4.78 is 3.44. The van der Waals surface area contributed by atoms with Crippen molar-refractivity contribution in [1.29, 1.82) is 0 Å². The summed E-state index contributed by atoms with van der Waals surface area (Å²) in [6.45, 7) is 0. The average Bonchev–Trinajstić information content (AvgIpc) is 3.00. The quantitative estimate of drug-likeness (QED) is 0.481. The number of nitrogens with one attached hydrogen (secondary N) is 1. The summed E-state index contributed by atoms with van der Waals surface area (Å²) >= 11 is 0. The first-order chi connectivity index (χ1) is 12.2. The lowest BCUT2D eigenvalue weighted by Gasteiger charge is -2.02. The fourth-order valence-electron chi connectivity index (χ4n) is 3.42. The Morgan fingerprint density at radius 1 is 1.04 bits per heavy atom. The normalized spacial score (nSPS) is 11.6. The minimum atomic E-state index is -0.0830. The number of H-pyrrole nitrogens is 1. The van der Waals surface area contributed by atoms with Gasteiger partial charge in [-0.25, -0.2) is 4.68 Å². The van der Waals surface area contributed by atoms with E-state index in [1.807, 2.05) is 72.4 Å². The molecule has 0 atom stereocenters. The summed E-state index contributed by atoms with van der Waals surface area (Å²) in [5, 5.41) is 6.39. The molecular formula is C20H15N4O+. The van der Waals surface area contributed by atoms with Crippen molar-refractivity contribution in [3.63, 3.8) is 0 Å². The number of para-hydroxylation sites is 1. The van der Waals surface area contributed by atoms with Gasteiger partial charge in [-0.1, -0.05) is 36.4 Å². The third-order valence-electron chi connectivity index (χ3n) is 4.62. The Bertz CT molecular complexity index is 1330. The minimum absolute atomic E-state index is 0.0830. The molecule has 0 amide bonds. The van der Waals surface area contributed by atoms with E-state index in [-0.39, 0.29) is 5.56 Å². The van der Waals surface area contributed by atoms with Crippen LogP contribution in [0, 0.1) is 0 Å². The van der Waals surface area contributed by atoms with Crippen molar-refractivity contribution >= 4 is 32.7 Å². The number of fused-ring (bicyclic) bond motifs is 4. The molecule has 0 saturated carbocycles. The first-order valence-corrected chi connectivity index (χ1v) is 8.10. The summed E-state index contributed by atoms with van der Waals surface area (Å²) in [5.41, 5.74) is 3.03. The van der Waals surface area contributed by atoms with Crippen LogP contribution in [-0.4, -0.2) is 14.8 Å². The molecule has 5 aromatic rings. The number of hydrogen-bond acceptors (Lipinski definition) is 2. The number of pyridine rings is 2. The largest absolute Gasteiger partial charge is 0.344 e. The van der Waals surface area contributed by atoms with E-state index in [1.165, 1.54) is 0 Å². The van der Waals surface area contributed by atoms with Crippen LogP contribution >= 0.6 is 0 Å². The molecule has 2 aromatic carbocycles. The van der Waals surface area contributed by atoms with Crippen molar-refractivity contribution in [3.8, 4) is 5.69 Å². The van der Waals surface area contributed by atoms with Crippen molar-refractivity contribution in [2.45, 2.75) is 0 Å². The van der Waals surface area contributed by atoms with E-state index in [0.717, 1.165) is 32.9 Å². The molecule has 0 fully saturated rings. The summed E-state index contributed by atoms with van der Waals surface area (Å²) in [5.74, 6) is 0. The van der Waals surface area contributed by atoms with Gasteiger partial charge in [0.1, 0.15) is 12.6 Å². The molecule has 5 nitrogen and oxygen atoms in total. The Morgan fingerprint density at radius 3 is 2.68 bits per heavy atom. The Labute approximate surface area is 142 Å². The highest BCUT2D eigenvalue weighted by Gasteiger charge is 2.20. The summed E-state index contributed by atoms with van der Waals surface area (Å²) in [7, 11) is 1.90. The van der Waals surface area contributed by atoms with E-state index in [2.05, 4.69) is 10.1 Å². The number of aromatic amines is 1. The van der Waals surface area contributed by atoms with Gasteiger partial charge in [0.2, 0.25) is 0 Å². The molecule has 0 aliphatic carbocycles. The Morgan fingerprint density at radius 2 is 1.80 bits per heavy atom. The summed E-state index contributed by atoms with van der Waals surface area (Å²) in [6, 6.07) is 17.9. The van der Waals surface area contributed by atoms with Crippen LogP contribution < -0.4 is 10.1 Å². The number of aromatic nitrogens is 4. The van der Waals surface area contributed by atoms with E-state index < -0.39 is 0 Å². The van der Waals surface area contributed by atoms with Gasteiger partial charge in [-0.2, -0.15) is 4.57 Å². The van der Waals surface area contributed by atoms with Gasteiger partial charge in [-0.15, -0.1) is 0 Å². The third-order valence-corrected chi connectivity index (χ3v) is 4.62. The molecule has 25 heavy (non-hydrogen) atoms. The SMILES string of the molecule is C[n+]1cc2ccccc2c2[nH]n(-c3cnc4ccccc4c3)c(=O)c21. The Balaban J connectivity index is 1.87. The van der Waals surface area contributed by atoms with Crippen LogP contribution in [0.1, 0.15) is 0 Å². The Kier molecular flexibility index (Phi) is 2.79. The zero-order valence-corrected chi connectivity index (χ0v) is 13.6. The molecule has 0 radical (unpaired) electrons. The van der Waals surface area contributed by atoms with Crippen molar-refractivity contribution < 1.29 is 4.57 Å². The van der Waals surface area contributed by atoms with Crippen LogP contribution in [0.25, 0.3) is 38.4 Å². The van der Waals surface area contributed by atoms with Crippen LogP contribution in [0.2, 0.25) is 0 Å². The number of benzene rings is 2. The lowest BCUT2D eigenvalue weighted by atomic mass is 10.1. The van der Waals surface area contributed by atoms with Crippen LogP contribution in [0.5, 0.6) is 0 Å². The van der Waals surface area contributed by atoms with Crippen LogP contribution in [0.3, 0.4) is 0 Å². The van der Waals surface area contributed by atoms with Crippen molar-refractivity contribution in [2.75, 3.05) is 0 Å². The highest BCUT2D eigenvalue weighted by molar-refractivity contribution is 6.01. The maximum atomic E-state index is 13.0. The zero-order chi connectivity index (χ0) is 17.0. The second-order valence-corrected chi connectivity index (χ2v) is 6.19. The molecule has 0 bridgehead atoms. The smallest absolute Gasteiger partial charge is 0.284 e. The van der Waals surface area contributed by atoms with Crippen molar-refractivity contribution in [2.24, 2.45) is 7.05 Å². The molecular weight excluding hydrogens is 312 g/mol. The van der Waals surface area contributed by atoms with Crippen LogP contribution in [0.15, 0.2) is 71.8 Å². The molecule has 5 heteroatoms. The molecule has 0 spiro atoms. The molecule has 120 valence electrons. The molecule has 0 saturated heterocycles. The van der Waals surface area contributed by atoms with Crippen molar-refractivity contribution in [3.05, 3.63) is 77.3 Å². The van der Waals surface area contributed by atoms with Gasteiger partial charge in [0.05, 0.1) is 17.4 Å². The highest BCUT2D eigenvalue weighted by Crippen LogP contribution is 2.20. The molecule has 3 heterocycles. The van der Waals surface area contributed by atoms with Crippen LogP contribution in [0.4, 0.5) is 0 Å². The number of hydrogen-bond donors (Lipinski definition) is 1. The van der Waals surface area contributed by atoms with Gasteiger partial charge in [-0.3, -0.25) is 14.9 Å². The molecule has 3 aromatic heterocycles. The predicted molar refractivity (Wildman–Crippen MR) is 97.9 cm³/mol. The van der Waals surface area contributed by atoms with Crippen LogP contribution in [-0.2, 0) is 7.05 Å². The first-order valence-electron chi connectivity index (χ1n) is 8.10. The minimum Gasteiger partial charge on any atom is -0.284 e. The second-order valence-electron chi connectivity index (χ2n) is 6.19. The topological polar surface area (TPSA) is 54.6 Å². The van der Waals surface area contributed by atoms with Gasteiger partial charge < -0.3 is 0 Å². The van der Waals surface area contributed by atoms with Gasteiger partial charge in [0.25, 0.3) is 5.52 Å². The maximum Gasteiger partial charge on any atom is 0.344 e. The van der Waals surface area contributed by atoms with Gasteiger partial charge in [-0.05, 0) is 18.2 Å². The second kappa shape index (κ2) is 5.01. The fourth-order valence-corrected chi connectivity index (χ4v) is 3.42. The third kappa shape index (κ3) is 1.99. The standard InChI is InChI=1S/C20H14N4O/c1-23-12-14-7-2-4-8-16(14)18-19(23)20(25)24(22-18)15-10-13-6-3-5-9-17(13)21-11-15/h2-12H,1H3/p+1. The van der Waals surface area contributed by atoms with E-state index in [1.54, 1.807) is 10.9 Å². The molecule has 1 N–H and O–H groups in total. The summed E-state index contributed by atoms with van der Waals surface area (Å²) in [4.78, 5) is 17.5. The maximum absolute atomic E-state index is 13.0. The number of aryl methyl sites for hydroxylation is 1. The first kappa shape index (κ1) is 13.9. The number of rotatable bonds is 1. The van der Waals surface area contributed by atoms with E-state index >= 15 is 0 Å². The lowest BCUT2D eigenvalue weighted by molar-refractivity contribution is -0.644. The zero-order valence-electron chi connectivity index (χ0n) is 13.6. The molecule has 0 aliphatic rings. The van der Waals surface area contributed by atoms with Gasteiger partial charge in [0, 0.05) is 16.2 Å². The average molecular weight is 327 g/mol. The van der Waals surface area contributed by atoms with Gasteiger partial charge >= 0.3 is 5.56 Å². The molecule has 5 rings (SSSR count). The van der Waals surface area contributed by atoms with Crippen molar-refractivity contribution in [1.82, 2.24) is 14.8 Å². The Hall–Kier alpha value is -3.47. The lowest BCUT2D eigenvalue weighted by Crippen LogP contribution is -2.33. The van der Waals surface area contributed by atoms with Gasteiger partial charge in [0.15, 0.2) is 6.20 Å². The predicted octanol–water partition coefficient (Wildman–Crippen LogP) is 2.84. The van der Waals surface area contributed by atoms with E-state index in [9.17, 15) is 4.79 Å². The fraction of sp³-hybridized carbons (Fsp3) is 0.0500. The summed E-state index contributed by atoms with van der Waals surface area (Å²) in [6.07, 6.45) is 3.71. The van der Waals surface area contributed by atoms with E-state index in [4.69, 9.17) is 0 Å². The highest BCUT2D eigenvalue weighted by atomic mass is 16.1. The monoisotopic (exact) mass is 327 g/mol. The number of nitrogens with zero attached hydrogens (tertiary/aromatic N) is 3.